The van der Waals surface area contributed by atoms with Crippen LogP contribution in [-0.2, 0) is 4.79 Å². The minimum Gasteiger partial charge on any atom is -0.493 e. The fourth-order valence-electron chi connectivity index (χ4n) is 4.44. The monoisotopic (exact) mass is 430 g/mol. The van der Waals surface area contributed by atoms with Gasteiger partial charge in [0.2, 0.25) is 5.91 Å². The summed E-state index contributed by atoms with van der Waals surface area (Å²) in [7, 11) is 0. The third-order valence-corrected chi connectivity index (χ3v) is 6.89. The molecule has 1 aromatic carbocycles. The van der Waals surface area contributed by atoms with Crippen molar-refractivity contribution in [1.29, 1.82) is 0 Å². The van der Waals surface area contributed by atoms with E-state index in [9.17, 15) is 4.79 Å². The average molecular weight is 431 g/mol. The van der Waals surface area contributed by atoms with Gasteiger partial charge in [0.15, 0.2) is 0 Å². The van der Waals surface area contributed by atoms with E-state index < -0.39 is 0 Å². The van der Waals surface area contributed by atoms with Crippen LogP contribution in [0.4, 0.5) is 5.69 Å². The molecule has 1 saturated heterocycles. The summed E-state index contributed by atoms with van der Waals surface area (Å²) in [4.78, 5) is 11.8. The number of hydrogen-bond donors (Lipinski definition) is 1. The Balaban J connectivity index is 1.92. The zero-order valence-electron chi connectivity index (χ0n) is 20.7. The van der Waals surface area contributed by atoms with Crippen LogP contribution in [0.5, 0.6) is 5.75 Å². The van der Waals surface area contributed by atoms with Gasteiger partial charge in [0.25, 0.3) is 0 Å². The van der Waals surface area contributed by atoms with Gasteiger partial charge in [-0.1, -0.05) is 92.1 Å². The van der Waals surface area contributed by atoms with Crippen LogP contribution < -0.4 is 15.2 Å². The van der Waals surface area contributed by atoms with Gasteiger partial charge in [-0.2, -0.15) is 0 Å². The van der Waals surface area contributed by atoms with E-state index in [1.165, 1.54) is 57.8 Å². The van der Waals surface area contributed by atoms with Crippen LogP contribution in [0, 0.1) is 23.7 Å². The van der Waals surface area contributed by atoms with Crippen LogP contribution in [0.2, 0.25) is 0 Å². The zero-order valence-corrected chi connectivity index (χ0v) is 20.7. The lowest BCUT2D eigenvalue weighted by molar-refractivity contribution is -0.121. The third kappa shape index (κ3) is 8.74. The van der Waals surface area contributed by atoms with Gasteiger partial charge < -0.3 is 4.74 Å². The maximum absolute atomic E-state index is 11.8. The van der Waals surface area contributed by atoms with Crippen LogP contribution in [0.25, 0.3) is 0 Å². The lowest BCUT2D eigenvalue weighted by Crippen LogP contribution is -2.32. The molecule has 1 fully saturated rings. The fraction of sp³-hybridized carbons (Fsp3) is 0.741. The van der Waals surface area contributed by atoms with E-state index in [1.54, 1.807) is 0 Å². The summed E-state index contributed by atoms with van der Waals surface area (Å²) >= 11 is 0. The molecule has 4 atom stereocenters. The van der Waals surface area contributed by atoms with Crippen molar-refractivity contribution in [3.8, 4) is 5.75 Å². The number of carbonyl (C=O) groups excluding carboxylic acids is 1. The minimum absolute atomic E-state index is 0.0210. The number of hydrogen-bond acceptors (Lipinski definition) is 3. The zero-order chi connectivity index (χ0) is 22.6. The smallest absolute Gasteiger partial charge is 0.243 e. The topological polar surface area (TPSA) is 41.6 Å². The van der Waals surface area contributed by atoms with Crippen molar-refractivity contribution in [2.24, 2.45) is 23.7 Å². The molecule has 0 saturated carbocycles. The Morgan fingerprint density at radius 1 is 1.06 bits per heavy atom. The molecule has 1 aliphatic rings. The fourth-order valence-corrected chi connectivity index (χ4v) is 4.44. The van der Waals surface area contributed by atoms with Crippen molar-refractivity contribution in [1.82, 2.24) is 5.43 Å². The van der Waals surface area contributed by atoms with Gasteiger partial charge in [-0.15, -0.1) is 0 Å². The number of hydrazine groups is 1. The van der Waals surface area contributed by atoms with E-state index in [1.807, 2.05) is 30.1 Å². The predicted molar refractivity (Wildman–Crippen MR) is 131 cm³/mol. The number of rotatable bonds is 15. The van der Waals surface area contributed by atoms with E-state index in [0.29, 0.717) is 18.4 Å². The first kappa shape index (κ1) is 25.5. The molecule has 4 nitrogen and oxygen atoms in total. The molecule has 176 valence electrons. The van der Waals surface area contributed by atoms with E-state index in [4.69, 9.17) is 4.74 Å². The van der Waals surface area contributed by atoms with Crippen molar-refractivity contribution >= 4 is 11.6 Å². The second-order valence-electron chi connectivity index (χ2n) is 9.85. The normalized spacial score (nSPS) is 19.2. The number of carbonyl (C=O) groups is 1. The van der Waals surface area contributed by atoms with Crippen LogP contribution in [-0.4, -0.2) is 19.1 Å². The van der Waals surface area contributed by atoms with Crippen molar-refractivity contribution < 1.29 is 9.53 Å². The predicted octanol–water partition coefficient (Wildman–Crippen LogP) is 6.99. The first-order valence-electron chi connectivity index (χ1n) is 12.7. The van der Waals surface area contributed by atoms with Crippen molar-refractivity contribution in [2.45, 2.75) is 92.4 Å². The molecule has 2 rings (SSSR count). The molecule has 0 aromatic heterocycles. The quantitative estimate of drug-likeness (QED) is 0.305. The summed E-state index contributed by atoms with van der Waals surface area (Å²) in [5.74, 6) is 3.09. The highest BCUT2D eigenvalue weighted by atomic mass is 16.5. The molecular weight excluding hydrogens is 384 g/mol. The molecule has 0 radical (unpaired) electrons. The molecule has 0 bridgehead atoms. The van der Waals surface area contributed by atoms with E-state index in [2.05, 4.69) is 39.2 Å². The number of anilines is 1. The van der Waals surface area contributed by atoms with Crippen LogP contribution in [0.3, 0.4) is 0 Å². The molecule has 1 amide bonds. The molecular formula is C27H46N2O2. The molecule has 4 unspecified atom stereocenters. The van der Waals surface area contributed by atoms with Crippen molar-refractivity contribution in [3.05, 3.63) is 24.3 Å². The number of nitrogens with one attached hydrogen (secondary N) is 1. The number of benzene rings is 1. The first-order chi connectivity index (χ1) is 14.9. The van der Waals surface area contributed by atoms with Gasteiger partial charge >= 0.3 is 0 Å². The molecule has 0 aliphatic carbocycles. The maximum atomic E-state index is 11.8. The Labute approximate surface area is 191 Å². The summed E-state index contributed by atoms with van der Waals surface area (Å²) < 4.78 is 6.31. The van der Waals surface area contributed by atoms with Crippen LogP contribution in [0.15, 0.2) is 24.3 Å². The van der Waals surface area contributed by atoms with Crippen LogP contribution >= 0.6 is 0 Å². The number of amides is 1. The number of ether oxygens (including phenoxy) is 1. The summed E-state index contributed by atoms with van der Waals surface area (Å²) in [5.41, 5.74) is 3.94. The Hall–Kier alpha value is -1.71. The van der Waals surface area contributed by atoms with Gasteiger partial charge in [-0.05, 0) is 36.3 Å². The summed E-state index contributed by atoms with van der Waals surface area (Å²) in [6.07, 6.45) is 11.8. The SMILES string of the molecule is CCCCCC(C)CCC(COc1cccc(N2CC(C)C(=O)N2)c1)C(C)CCCC. The highest BCUT2D eigenvalue weighted by molar-refractivity contribution is 5.83. The van der Waals surface area contributed by atoms with Gasteiger partial charge in [0.1, 0.15) is 5.75 Å². The minimum atomic E-state index is 0.0210. The molecule has 31 heavy (non-hydrogen) atoms. The van der Waals surface area contributed by atoms with Crippen LogP contribution in [0.1, 0.15) is 92.4 Å². The molecule has 1 N–H and O–H groups in total. The van der Waals surface area contributed by atoms with Gasteiger partial charge in [0, 0.05) is 6.07 Å². The largest absolute Gasteiger partial charge is 0.493 e. The Bertz CT molecular complexity index is 648. The van der Waals surface area contributed by atoms with Gasteiger partial charge in [-0.3, -0.25) is 15.2 Å². The second-order valence-corrected chi connectivity index (χ2v) is 9.85. The highest BCUT2D eigenvalue weighted by Gasteiger charge is 2.27. The average Bonchev–Trinajstić information content (AvgIpc) is 3.11. The summed E-state index contributed by atoms with van der Waals surface area (Å²) in [6.45, 7) is 12.8. The number of nitrogens with zero attached hydrogens (tertiary/aromatic N) is 1. The third-order valence-electron chi connectivity index (χ3n) is 6.89. The Morgan fingerprint density at radius 3 is 2.52 bits per heavy atom. The molecule has 0 spiro atoms. The molecule has 1 heterocycles. The summed E-state index contributed by atoms with van der Waals surface area (Å²) in [5, 5.41) is 1.93. The van der Waals surface area contributed by atoms with E-state index >= 15 is 0 Å². The van der Waals surface area contributed by atoms with Gasteiger partial charge in [-0.25, -0.2) is 0 Å². The Kier molecular flexibility index (Phi) is 11.2. The maximum Gasteiger partial charge on any atom is 0.243 e. The van der Waals surface area contributed by atoms with Crippen molar-refractivity contribution in [2.75, 3.05) is 18.2 Å². The van der Waals surface area contributed by atoms with E-state index in [0.717, 1.165) is 24.0 Å². The highest BCUT2D eigenvalue weighted by Crippen LogP contribution is 2.29. The van der Waals surface area contributed by atoms with Gasteiger partial charge in [0.05, 0.1) is 24.8 Å². The Morgan fingerprint density at radius 2 is 1.84 bits per heavy atom. The molecule has 1 aromatic rings. The second kappa shape index (κ2) is 13.6. The lowest BCUT2D eigenvalue weighted by atomic mass is 9.84. The molecule has 4 heteroatoms. The first-order valence-corrected chi connectivity index (χ1v) is 12.7. The van der Waals surface area contributed by atoms with E-state index in [-0.39, 0.29) is 11.8 Å². The molecule has 1 aliphatic heterocycles. The summed E-state index contributed by atoms with van der Waals surface area (Å²) in [6, 6.07) is 8.14. The lowest BCUT2D eigenvalue weighted by Gasteiger charge is -2.26. The number of unbranched alkanes of at least 4 members (excludes halogenated alkanes) is 3. The van der Waals surface area contributed by atoms with Crippen molar-refractivity contribution in [3.63, 3.8) is 0 Å². The standard InChI is InChI=1S/C27H46N2O2/c1-6-8-10-12-21(3)16-17-24(22(4)13-9-7-2)20-31-26-15-11-14-25(18-26)29-19-23(5)27(30)28-29/h11,14-15,18,21-24H,6-10,12-13,16-17,19-20H2,1-5H3,(H,28,30).